The van der Waals surface area contributed by atoms with E-state index in [1.54, 1.807) is 0 Å². The Morgan fingerprint density at radius 2 is 1.63 bits per heavy atom. The molecule has 0 amide bonds. The van der Waals surface area contributed by atoms with Gasteiger partial charge in [0, 0.05) is 5.56 Å². The van der Waals surface area contributed by atoms with Crippen molar-refractivity contribution in [1.82, 2.24) is 0 Å². The summed E-state index contributed by atoms with van der Waals surface area (Å²) >= 11 is 0. The summed E-state index contributed by atoms with van der Waals surface area (Å²) in [6.07, 6.45) is 4.09. The summed E-state index contributed by atoms with van der Waals surface area (Å²) in [7, 11) is 0. The first-order valence-corrected chi connectivity index (χ1v) is 6.52. The Morgan fingerprint density at radius 3 is 2.42 bits per heavy atom. The van der Waals surface area contributed by atoms with Crippen molar-refractivity contribution in [2.75, 3.05) is 0 Å². The zero-order valence-electron chi connectivity index (χ0n) is 11.2. The summed E-state index contributed by atoms with van der Waals surface area (Å²) < 4.78 is 0. The van der Waals surface area contributed by atoms with Gasteiger partial charge in [0.1, 0.15) is 0 Å². The molecule has 0 fully saturated rings. The smallest absolute Gasteiger partial charge is 0.177 e. The third kappa shape index (κ3) is 1.74. The quantitative estimate of drug-likeness (QED) is 0.740. The van der Waals surface area contributed by atoms with Gasteiger partial charge in [-0.2, -0.15) is 0 Å². The molecular formula is C18H16O. The summed E-state index contributed by atoms with van der Waals surface area (Å²) in [5.74, 6) is 0.180. The lowest BCUT2D eigenvalue weighted by molar-refractivity contribution is 0.0925. The number of Topliss-reactive ketones (excluding diaryl/α,β-unsaturated/α-hetero) is 1. The van der Waals surface area contributed by atoms with Gasteiger partial charge in [0.15, 0.2) is 5.78 Å². The predicted molar refractivity (Wildman–Crippen MR) is 78.3 cm³/mol. The van der Waals surface area contributed by atoms with Crippen molar-refractivity contribution in [3.05, 3.63) is 76.9 Å². The van der Waals surface area contributed by atoms with Gasteiger partial charge >= 0.3 is 0 Å². The average molecular weight is 248 g/mol. The lowest BCUT2D eigenvalue weighted by Gasteiger charge is -2.30. The van der Waals surface area contributed by atoms with E-state index in [0.717, 1.165) is 22.3 Å². The number of benzene rings is 2. The van der Waals surface area contributed by atoms with Crippen molar-refractivity contribution in [1.29, 1.82) is 0 Å². The molecule has 3 rings (SSSR count). The minimum absolute atomic E-state index is 0.180. The zero-order valence-corrected chi connectivity index (χ0v) is 11.2. The molecule has 0 aliphatic heterocycles. The van der Waals surface area contributed by atoms with E-state index in [2.05, 4.69) is 19.1 Å². The molecule has 19 heavy (non-hydrogen) atoms. The van der Waals surface area contributed by atoms with Gasteiger partial charge < -0.3 is 0 Å². The molecular weight excluding hydrogens is 232 g/mol. The monoisotopic (exact) mass is 248 g/mol. The number of rotatable bonds is 1. The molecule has 0 spiro atoms. The molecule has 2 aromatic carbocycles. The van der Waals surface area contributed by atoms with Gasteiger partial charge in [-0.05, 0) is 30.5 Å². The molecule has 94 valence electrons. The number of carbonyl (C=O) groups is 1. The van der Waals surface area contributed by atoms with E-state index in [1.807, 2.05) is 55.5 Å². The molecule has 1 heteroatoms. The summed E-state index contributed by atoms with van der Waals surface area (Å²) in [6, 6.07) is 15.9. The fraction of sp³-hybridized carbons (Fsp3) is 0.167. The highest BCUT2D eigenvalue weighted by Gasteiger charge is 2.37. The number of allylic oxidation sites excluding steroid dienone is 1. The maximum absolute atomic E-state index is 12.8. The third-order valence-corrected chi connectivity index (χ3v) is 3.98. The highest BCUT2D eigenvalue weighted by molar-refractivity contribution is 6.10. The van der Waals surface area contributed by atoms with Gasteiger partial charge in [0.25, 0.3) is 0 Å². The average Bonchev–Trinajstić information content (AvgIpc) is 2.44. The van der Waals surface area contributed by atoms with Gasteiger partial charge in [0.2, 0.25) is 0 Å². The zero-order chi connectivity index (χ0) is 13.5. The Labute approximate surface area is 113 Å². The number of ketones is 1. The first kappa shape index (κ1) is 11.9. The van der Waals surface area contributed by atoms with Gasteiger partial charge in [0.05, 0.1) is 5.41 Å². The van der Waals surface area contributed by atoms with Crippen LogP contribution in [0.5, 0.6) is 0 Å². The first-order chi connectivity index (χ1) is 9.13. The van der Waals surface area contributed by atoms with Crippen LogP contribution in [-0.4, -0.2) is 5.78 Å². The molecule has 1 unspecified atom stereocenters. The molecule has 0 N–H and O–H groups in total. The van der Waals surface area contributed by atoms with Crippen LogP contribution >= 0.6 is 0 Å². The summed E-state index contributed by atoms with van der Waals surface area (Å²) in [5, 5.41) is 0. The van der Waals surface area contributed by atoms with Crippen LogP contribution in [0, 0.1) is 6.92 Å². The van der Waals surface area contributed by atoms with Crippen LogP contribution < -0.4 is 0 Å². The number of hydrogen-bond donors (Lipinski definition) is 0. The van der Waals surface area contributed by atoms with E-state index in [1.165, 1.54) is 0 Å². The Hall–Kier alpha value is -2.15. The summed E-state index contributed by atoms with van der Waals surface area (Å²) in [6.45, 7) is 4.06. The van der Waals surface area contributed by atoms with E-state index in [0.29, 0.717) is 0 Å². The van der Waals surface area contributed by atoms with Crippen LogP contribution in [0.3, 0.4) is 0 Å². The first-order valence-electron chi connectivity index (χ1n) is 6.52. The van der Waals surface area contributed by atoms with Crippen LogP contribution in [-0.2, 0) is 5.41 Å². The molecule has 0 radical (unpaired) electrons. The molecule has 0 saturated heterocycles. The second kappa shape index (κ2) is 4.20. The maximum Gasteiger partial charge on any atom is 0.177 e. The SMILES string of the molecule is Cc1ccccc1C1(C)C=Cc2ccccc2C1=O. The van der Waals surface area contributed by atoms with E-state index >= 15 is 0 Å². The largest absolute Gasteiger partial charge is 0.293 e. The number of aryl methyl sites for hydroxylation is 1. The van der Waals surface area contributed by atoms with Gasteiger partial charge in [-0.25, -0.2) is 0 Å². The lowest BCUT2D eigenvalue weighted by atomic mass is 9.71. The maximum atomic E-state index is 12.8. The van der Waals surface area contributed by atoms with E-state index in [4.69, 9.17) is 0 Å². The van der Waals surface area contributed by atoms with Crippen LogP contribution in [0.2, 0.25) is 0 Å². The van der Waals surface area contributed by atoms with Crippen LogP contribution in [0.25, 0.3) is 6.08 Å². The Kier molecular flexibility index (Phi) is 2.63. The van der Waals surface area contributed by atoms with Crippen molar-refractivity contribution in [2.45, 2.75) is 19.3 Å². The van der Waals surface area contributed by atoms with E-state index in [9.17, 15) is 4.79 Å². The molecule has 0 bridgehead atoms. The Balaban J connectivity index is 2.19. The van der Waals surface area contributed by atoms with Crippen LogP contribution in [0.1, 0.15) is 34.0 Å². The highest BCUT2D eigenvalue weighted by atomic mass is 16.1. The second-order valence-electron chi connectivity index (χ2n) is 5.27. The van der Waals surface area contributed by atoms with E-state index < -0.39 is 5.41 Å². The van der Waals surface area contributed by atoms with Gasteiger partial charge in [-0.3, -0.25) is 4.79 Å². The van der Waals surface area contributed by atoms with E-state index in [-0.39, 0.29) is 5.78 Å². The lowest BCUT2D eigenvalue weighted by Crippen LogP contribution is -2.33. The normalized spacial score (nSPS) is 21.3. The molecule has 0 aromatic heterocycles. The summed E-state index contributed by atoms with van der Waals surface area (Å²) in [4.78, 5) is 12.8. The molecule has 1 aliphatic rings. The highest BCUT2D eigenvalue weighted by Crippen LogP contribution is 2.36. The van der Waals surface area contributed by atoms with Crippen molar-refractivity contribution in [3.63, 3.8) is 0 Å². The fourth-order valence-corrected chi connectivity index (χ4v) is 2.83. The number of hydrogen-bond acceptors (Lipinski definition) is 1. The number of carbonyl (C=O) groups excluding carboxylic acids is 1. The molecule has 0 heterocycles. The predicted octanol–water partition coefficient (Wildman–Crippen LogP) is 4.16. The molecule has 1 aliphatic carbocycles. The molecule has 0 saturated carbocycles. The van der Waals surface area contributed by atoms with Crippen LogP contribution in [0.15, 0.2) is 54.6 Å². The van der Waals surface area contributed by atoms with Crippen molar-refractivity contribution < 1.29 is 4.79 Å². The molecule has 1 atom stereocenters. The Bertz CT molecular complexity index is 682. The minimum Gasteiger partial charge on any atom is -0.293 e. The third-order valence-electron chi connectivity index (χ3n) is 3.98. The van der Waals surface area contributed by atoms with Crippen molar-refractivity contribution in [2.24, 2.45) is 0 Å². The standard InChI is InChI=1S/C18H16O/c1-13-7-3-6-10-16(13)18(2)12-11-14-8-4-5-9-15(14)17(18)19/h3-12H,1-2H3. The number of fused-ring (bicyclic) bond motifs is 1. The van der Waals surface area contributed by atoms with Crippen molar-refractivity contribution >= 4 is 11.9 Å². The molecule has 2 aromatic rings. The molecule has 1 nitrogen and oxygen atoms in total. The van der Waals surface area contributed by atoms with Gasteiger partial charge in [-0.15, -0.1) is 0 Å². The topological polar surface area (TPSA) is 17.1 Å². The van der Waals surface area contributed by atoms with Crippen LogP contribution in [0.4, 0.5) is 0 Å². The second-order valence-corrected chi connectivity index (χ2v) is 5.27. The Morgan fingerprint density at radius 1 is 0.947 bits per heavy atom. The van der Waals surface area contributed by atoms with Gasteiger partial charge in [-0.1, -0.05) is 60.7 Å². The summed E-state index contributed by atoms with van der Waals surface area (Å²) in [5.41, 5.74) is 3.52. The fourth-order valence-electron chi connectivity index (χ4n) is 2.83. The van der Waals surface area contributed by atoms with Crippen molar-refractivity contribution in [3.8, 4) is 0 Å². The minimum atomic E-state index is -0.556.